The summed E-state index contributed by atoms with van der Waals surface area (Å²) < 4.78 is 7.05. The van der Waals surface area contributed by atoms with Crippen LogP contribution in [0.3, 0.4) is 0 Å². The average molecular weight is 382 g/mol. The van der Waals surface area contributed by atoms with E-state index < -0.39 is 0 Å². The van der Waals surface area contributed by atoms with E-state index in [0.29, 0.717) is 16.9 Å². The van der Waals surface area contributed by atoms with Crippen LogP contribution in [0.1, 0.15) is 18.4 Å². The number of hydrogen-bond acceptors (Lipinski definition) is 6. The summed E-state index contributed by atoms with van der Waals surface area (Å²) in [5.74, 6) is 6.99. The zero-order chi connectivity index (χ0) is 18.6. The molecule has 1 aliphatic rings. The number of nitrogens with zero attached hydrogens (tertiary/aromatic N) is 3. The zero-order valence-corrected chi connectivity index (χ0v) is 15.9. The maximum atomic E-state index is 5.92. The average Bonchev–Trinajstić information content (AvgIpc) is 3.12. The lowest BCUT2D eigenvalue weighted by molar-refractivity contribution is 0.201. The second-order valence-electron chi connectivity index (χ2n) is 6.80. The Morgan fingerprint density at radius 3 is 2.59 bits per heavy atom. The highest BCUT2D eigenvalue weighted by Crippen LogP contribution is 2.31. The fraction of sp³-hybridized carbons (Fsp3) is 0.300. The van der Waals surface area contributed by atoms with Crippen LogP contribution in [0.5, 0.6) is 10.9 Å². The van der Waals surface area contributed by atoms with Gasteiger partial charge in [0.15, 0.2) is 0 Å². The van der Waals surface area contributed by atoms with Crippen molar-refractivity contribution in [3.63, 3.8) is 0 Å². The molecule has 0 atom stereocenters. The lowest BCUT2D eigenvalue weighted by Crippen LogP contribution is -2.38. The smallest absolute Gasteiger partial charge is 0.279 e. The maximum Gasteiger partial charge on any atom is 0.279 e. The number of piperidine rings is 1. The Balaban J connectivity index is 1.34. The number of hydrazone groups is 1. The highest BCUT2D eigenvalue weighted by Gasteiger charge is 2.21. The third-order valence-electron chi connectivity index (χ3n) is 4.96. The van der Waals surface area contributed by atoms with Crippen molar-refractivity contribution in [3.8, 4) is 10.9 Å². The van der Waals surface area contributed by atoms with E-state index in [-0.39, 0.29) is 0 Å². The molecule has 4 N–H and O–H groups in total. The first-order valence-electron chi connectivity index (χ1n) is 9.09. The SMILES string of the molecule is N/N=C(\N)C1CCN(Cc2ccc(Oc3nc4ccccc4s3)cc2)CC1. The van der Waals surface area contributed by atoms with E-state index >= 15 is 0 Å². The van der Waals surface area contributed by atoms with E-state index in [4.69, 9.17) is 16.3 Å². The van der Waals surface area contributed by atoms with Crippen molar-refractivity contribution in [1.29, 1.82) is 0 Å². The minimum atomic E-state index is 0.316. The monoisotopic (exact) mass is 381 g/mol. The summed E-state index contributed by atoms with van der Waals surface area (Å²) in [6.07, 6.45) is 2.01. The highest BCUT2D eigenvalue weighted by molar-refractivity contribution is 7.20. The summed E-state index contributed by atoms with van der Waals surface area (Å²) in [6.45, 7) is 2.93. The fourth-order valence-electron chi connectivity index (χ4n) is 3.41. The zero-order valence-electron chi connectivity index (χ0n) is 15.0. The number of aromatic nitrogens is 1. The molecule has 1 saturated heterocycles. The van der Waals surface area contributed by atoms with Crippen molar-refractivity contribution in [2.75, 3.05) is 13.1 Å². The molecule has 140 valence electrons. The van der Waals surface area contributed by atoms with Gasteiger partial charge < -0.3 is 16.3 Å². The van der Waals surface area contributed by atoms with Crippen molar-refractivity contribution < 1.29 is 4.74 Å². The van der Waals surface area contributed by atoms with Gasteiger partial charge in [-0.15, -0.1) is 0 Å². The number of thiazole rings is 1. The van der Waals surface area contributed by atoms with Gasteiger partial charge in [0.2, 0.25) is 0 Å². The molecule has 2 aromatic carbocycles. The summed E-state index contributed by atoms with van der Waals surface area (Å²) in [5.41, 5.74) is 8.08. The predicted molar refractivity (Wildman–Crippen MR) is 110 cm³/mol. The molecule has 0 aliphatic carbocycles. The predicted octanol–water partition coefficient (Wildman–Crippen LogP) is 3.53. The van der Waals surface area contributed by atoms with Crippen molar-refractivity contribution in [2.24, 2.45) is 22.6 Å². The first-order chi connectivity index (χ1) is 13.2. The number of rotatable bonds is 5. The Bertz CT molecular complexity index is 896. The number of para-hydroxylation sites is 1. The topological polar surface area (TPSA) is 89.8 Å². The molecule has 7 heteroatoms. The van der Waals surface area contributed by atoms with Crippen molar-refractivity contribution in [1.82, 2.24) is 9.88 Å². The summed E-state index contributed by atoms with van der Waals surface area (Å²) >= 11 is 1.56. The van der Waals surface area contributed by atoms with Crippen molar-refractivity contribution in [3.05, 3.63) is 54.1 Å². The molecule has 0 unspecified atom stereocenters. The molecule has 1 aromatic heterocycles. The quantitative estimate of drug-likeness (QED) is 0.305. The van der Waals surface area contributed by atoms with Gasteiger partial charge in [-0.25, -0.2) is 4.98 Å². The normalized spacial score (nSPS) is 16.7. The lowest BCUT2D eigenvalue weighted by Gasteiger charge is -2.31. The minimum absolute atomic E-state index is 0.316. The largest absolute Gasteiger partial charge is 0.431 e. The standard InChI is InChI=1S/C20H23N5OS/c21-19(24-22)15-9-11-25(12-10-15)13-14-5-7-16(8-6-14)26-20-23-17-3-1-2-4-18(17)27-20/h1-8,15H,9-13,22H2,(H2,21,24). The Morgan fingerprint density at radius 1 is 1.15 bits per heavy atom. The minimum Gasteiger partial charge on any atom is -0.431 e. The molecule has 0 saturated carbocycles. The lowest BCUT2D eigenvalue weighted by atomic mass is 9.95. The molecule has 1 aliphatic heterocycles. The van der Waals surface area contributed by atoms with E-state index in [9.17, 15) is 0 Å². The van der Waals surface area contributed by atoms with Crippen molar-refractivity contribution in [2.45, 2.75) is 19.4 Å². The van der Waals surface area contributed by atoms with Gasteiger partial charge in [-0.2, -0.15) is 5.10 Å². The third kappa shape index (κ3) is 4.20. The van der Waals surface area contributed by atoms with Gasteiger partial charge in [-0.05, 0) is 55.8 Å². The fourth-order valence-corrected chi connectivity index (χ4v) is 4.24. The van der Waals surface area contributed by atoms with Crippen LogP contribution in [-0.4, -0.2) is 28.8 Å². The summed E-state index contributed by atoms with van der Waals surface area (Å²) in [6, 6.07) is 16.3. The van der Waals surface area contributed by atoms with Gasteiger partial charge in [-0.3, -0.25) is 4.90 Å². The van der Waals surface area contributed by atoms with Crippen LogP contribution in [-0.2, 0) is 6.54 Å². The third-order valence-corrected chi connectivity index (χ3v) is 5.88. The van der Waals surface area contributed by atoms with Gasteiger partial charge in [0.05, 0.1) is 10.2 Å². The molecule has 0 amide bonds. The Hall–Kier alpha value is -2.64. The van der Waals surface area contributed by atoms with Crippen LogP contribution >= 0.6 is 11.3 Å². The van der Waals surface area contributed by atoms with Gasteiger partial charge in [-0.1, -0.05) is 35.6 Å². The van der Waals surface area contributed by atoms with Gasteiger partial charge in [0.25, 0.3) is 5.19 Å². The highest BCUT2D eigenvalue weighted by atomic mass is 32.1. The van der Waals surface area contributed by atoms with Crippen LogP contribution in [0.4, 0.5) is 0 Å². The van der Waals surface area contributed by atoms with E-state index in [1.165, 1.54) is 5.56 Å². The molecule has 3 aromatic rings. The number of fused-ring (bicyclic) bond motifs is 1. The van der Waals surface area contributed by atoms with E-state index in [2.05, 4.69) is 33.2 Å². The molecule has 0 bridgehead atoms. The van der Waals surface area contributed by atoms with Crippen LogP contribution in [0, 0.1) is 5.92 Å². The summed E-state index contributed by atoms with van der Waals surface area (Å²) in [5, 5.41) is 4.31. The second-order valence-corrected chi connectivity index (χ2v) is 7.79. The van der Waals surface area contributed by atoms with Crippen LogP contribution in [0.2, 0.25) is 0 Å². The Morgan fingerprint density at radius 2 is 1.89 bits per heavy atom. The second kappa shape index (κ2) is 7.94. The Labute approximate surface area is 162 Å². The van der Waals surface area contributed by atoms with Gasteiger partial charge in [0.1, 0.15) is 11.6 Å². The van der Waals surface area contributed by atoms with Crippen molar-refractivity contribution >= 4 is 27.4 Å². The molecular weight excluding hydrogens is 358 g/mol. The molecule has 2 heterocycles. The first kappa shape index (κ1) is 17.8. The number of amidine groups is 1. The molecule has 27 heavy (non-hydrogen) atoms. The molecule has 6 nitrogen and oxygen atoms in total. The molecule has 4 rings (SSSR count). The number of likely N-dealkylation sites (tertiary alicyclic amines) is 1. The van der Waals surface area contributed by atoms with Gasteiger partial charge >= 0.3 is 0 Å². The van der Waals surface area contributed by atoms with Crippen LogP contribution < -0.4 is 16.3 Å². The molecular formula is C20H23N5OS. The Kier molecular flexibility index (Phi) is 5.22. The molecule has 1 fully saturated rings. The molecule has 0 radical (unpaired) electrons. The maximum absolute atomic E-state index is 5.92. The first-order valence-corrected chi connectivity index (χ1v) is 9.91. The van der Waals surface area contributed by atoms with E-state index in [1.807, 2.05) is 30.3 Å². The number of nitrogens with two attached hydrogens (primary N) is 2. The van der Waals surface area contributed by atoms with Crippen LogP contribution in [0.15, 0.2) is 53.6 Å². The summed E-state index contributed by atoms with van der Waals surface area (Å²) in [7, 11) is 0. The summed E-state index contributed by atoms with van der Waals surface area (Å²) in [4.78, 5) is 6.95. The number of ether oxygens (including phenoxy) is 1. The van der Waals surface area contributed by atoms with Gasteiger partial charge in [0, 0.05) is 12.5 Å². The number of benzene rings is 2. The van der Waals surface area contributed by atoms with E-state index in [1.54, 1.807) is 11.3 Å². The van der Waals surface area contributed by atoms with Crippen LogP contribution in [0.25, 0.3) is 10.2 Å². The molecule has 0 spiro atoms. The number of hydrogen-bond donors (Lipinski definition) is 2. The van der Waals surface area contributed by atoms with E-state index in [0.717, 1.165) is 48.4 Å².